The maximum atomic E-state index is 12.0. The van der Waals surface area contributed by atoms with Gasteiger partial charge in [-0.3, -0.25) is 9.59 Å². The third-order valence-corrected chi connectivity index (χ3v) is 4.10. The average molecular weight is 324 g/mol. The molecule has 0 spiro atoms. The van der Waals surface area contributed by atoms with Gasteiger partial charge in [0.15, 0.2) is 5.82 Å². The molecule has 1 aliphatic heterocycles. The second-order valence-electron chi connectivity index (χ2n) is 5.74. The third-order valence-electron chi connectivity index (χ3n) is 4.10. The van der Waals surface area contributed by atoms with Gasteiger partial charge in [-0.15, -0.1) is 0 Å². The molecule has 1 fully saturated rings. The van der Waals surface area contributed by atoms with Gasteiger partial charge >= 0.3 is 0 Å². The number of carbonyl (C=O) groups is 2. The first-order chi connectivity index (χ1) is 11.0. The first kappa shape index (κ1) is 17.4. The van der Waals surface area contributed by atoms with Crippen LogP contribution in [-0.2, 0) is 20.9 Å². The van der Waals surface area contributed by atoms with Crippen molar-refractivity contribution in [3.05, 3.63) is 11.7 Å². The third kappa shape index (κ3) is 4.75. The Bertz CT molecular complexity index is 545. The molecule has 8 heteroatoms. The van der Waals surface area contributed by atoms with Crippen LogP contribution >= 0.6 is 0 Å². The van der Waals surface area contributed by atoms with Crippen molar-refractivity contribution in [3.8, 4) is 0 Å². The first-order valence-electron chi connectivity index (χ1n) is 7.87. The van der Waals surface area contributed by atoms with Crippen molar-refractivity contribution >= 4 is 11.8 Å². The predicted octanol–water partition coefficient (Wildman–Crippen LogP) is 0.800. The highest BCUT2D eigenvalue weighted by molar-refractivity contribution is 5.76. The molecule has 2 amide bonds. The minimum atomic E-state index is -0.101. The number of piperidine rings is 1. The molecule has 2 heterocycles. The molecule has 2 atom stereocenters. The van der Waals surface area contributed by atoms with Crippen molar-refractivity contribution in [2.24, 2.45) is 0 Å². The average Bonchev–Trinajstić information content (AvgIpc) is 2.95. The Kier molecular flexibility index (Phi) is 6.09. The molecule has 0 unspecified atom stereocenters. The summed E-state index contributed by atoms with van der Waals surface area (Å²) in [6.07, 6.45) is 2.73. The van der Waals surface area contributed by atoms with Gasteiger partial charge in [-0.2, -0.15) is 4.98 Å². The monoisotopic (exact) mass is 324 g/mol. The predicted molar refractivity (Wildman–Crippen MR) is 81.3 cm³/mol. The maximum absolute atomic E-state index is 12.0. The summed E-state index contributed by atoms with van der Waals surface area (Å²) in [4.78, 5) is 29.6. The van der Waals surface area contributed by atoms with Crippen LogP contribution in [0, 0.1) is 6.92 Å². The Morgan fingerprint density at radius 1 is 1.48 bits per heavy atom. The Balaban J connectivity index is 1.83. The van der Waals surface area contributed by atoms with E-state index in [1.165, 1.54) is 0 Å². The number of aryl methyl sites for hydroxylation is 1. The van der Waals surface area contributed by atoms with Crippen LogP contribution < -0.4 is 5.32 Å². The van der Waals surface area contributed by atoms with Gasteiger partial charge in [0.25, 0.3) is 0 Å². The molecule has 8 nitrogen and oxygen atoms in total. The number of nitrogens with zero attached hydrogens (tertiary/aromatic N) is 3. The maximum Gasteiger partial charge on any atom is 0.223 e. The lowest BCUT2D eigenvalue weighted by atomic mass is 9.94. The van der Waals surface area contributed by atoms with E-state index >= 15 is 0 Å². The molecule has 1 N–H and O–H groups in total. The fourth-order valence-corrected chi connectivity index (χ4v) is 2.99. The van der Waals surface area contributed by atoms with Gasteiger partial charge in [-0.25, -0.2) is 0 Å². The number of carbonyl (C=O) groups excluding carboxylic acids is 2. The number of rotatable bonds is 6. The smallest absolute Gasteiger partial charge is 0.223 e. The molecule has 0 bridgehead atoms. The number of amides is 2. The van der Waals surface area contributed by atoms with E-state index in [1.807, 2.05) is 4.90 Å². The van der Waals surface area contributed by atoms with E-state index in [4.69, 9.17) is 9.26 Å². The van der Waals surface area contributed by atoms with Gasteiger partial charge in [0.1, 0.15) is 0 Å². The molecule has 1 saturated heterocycles. The molecule has 0 saturated carbocycles. The molecule has 0 aromatic carbocycles. The fourth-order valence-electron chi connectivity index (χ4n) is 2.99. The van der Waals surface area contributed by atoms with Crippen LogP contribution in [-0.4, -0.2) is 52.7 Å². The van der Waals surface area contributed by atoms with Crippen LogP contribution in [0.5, 0.6) is 0 Å². The zero-order chi connectivity index (χ0) is 16.8. The van der Waals surface area contributed by atoms with Crippen LogP contribution in [0.2, 0.25) is 0 Å². The Labute approximate surface area is 135 Å². The van der Waals surface area contributed by atoms with Crippen LogP contribution in [0.1, 0.15) is 44.3 Å². The topological polar surface area (TPSA) is 97.6 Å². The largest absolute Gasteiger partial charge is 0.379 e. The van der Waals surface area contributed by atoms with Gasteiger partial charge in [0.05, 0.1) is 18.7 Å². The minimum absolute atomic E-state index is 0.0136. The van der Waals surface area contributed by atoms with Crippen molar-refractivity contribution in [2.75, 3.05) is 13.7 Å². The SMILES string of the molecule is CO[C@H]1CCCN(C(C)=O)[C@H]1CCC(=O)NCc1noc(C)n1. The summed E-state index contributed by atoms with van der Waals surface area (Å²) in [5.74, 6) is 0.848. The lowest BCUT2D eigenvalue weighted by Crippen LogP contribution is -2.51. The molecular formula is C15H24N4O4. The van der Waals surface area contributed by atoms with Gasteiger partial charge < -0.3 is 19.5 Å². The number of aromatic nitrogens is 2. The number of hydrogen-bond donors (Lipinski definition) is 1. The summed E-state index contributed by atoms with van der Waals surface area (Å²) in [7, 11) is 1.65. The number of ether oxygens (including phenoxy) is 1. The van der Waals surface area contributed by atoms with E-state index in [1.54, 1.807) is 21.0 Å². The lowest BCUT2D eigenvalue weighted by Gasteiger charge is -2.40. The zero-order valence-corrected chi connectivity index (χ0v) is 13.9. The summed E-state index contributed by atoms with van der Waals surface area (Å²) in [6, 6.07) is -0.0515. The van der Waals surface area contributed by atoms with Crippen LogP contribution in [0.3, 0.4) is 0 Å². The van der Waals surface area contributed by atoms with E-state index in [0.717, 1.165) is 19.4 Å². The number of methoxy groups -OCH3 is 1. The number of likely N-dealkylation sites (tertiary alicyclic amines) is 1. The van der Waals surface area contributed by atoms with Gasteiger partial charge in [-0.1, -0.05) is 5.16 Å². The van der Waals surface area contributed by atoms with Crippen LogP contribution in [0.25, 0.3) is 0 Å². The minimum Gasteiger partial charge on any atom is -0.379 e. The molecule has 2 rings (SSSR count). The van der Waals surface area contributed by atoms with E-state index in [9.17, 15) is 9.59 Å². The highest BCUT2D eigenvalue weighted by Crippen LogP contribution is 2.23. The van der Waals surface area contributed by atoms with Crippen molar-refractivity contribution in [1.29, 1.82) is 0 Å². The standard InChI is InChI=1S/C15H24N4O4/c1-10-17-14(18-23-10)9-16-15(21)7-6-12-13(22-3)5-4-8-19(12)11(2)20/h12-13H,4-9H2,1-3H3,(H,16,21)/t12-,13-/m0/s1. The zero-order valence-electron chi connectivity index (χ0n) is 13.9. The molecular weight excluding hydrogens is 300 g/mol. The summed E-state index contributed by atoms with van der Waals surface area (Å²) in [6.45, 7) is 4.22. The molecule has 128 valence electrons. The number of hydrogen-bond acceptors (Lipinski definition) is 6. The Hall–Kier alpha value is -1.96. The highest BCUT2D eigenvalue weighted by Gasteiger charge is 2.33. The molecule has 1 aromatic heterocycles. The van der Waals surface area contributed by atoms with E-state index in [-0.39, 0.29) is 30.5 Å². The van der Waals surface area contributed by atoms with Crippen molar-refractivity contribution in [3.63, 3.8) is 0 Å². The van der Waals surface area contributed by atoms with E-state index in [2.05, 4.69) is 15.5 Å². The van der Waals surface area contributed by atoms with Gasteiger partial charge in [0.2, 0.25) is 17.7 Å². The van der Waals surface area contributed by atoms with E-state index in [0.29, 0.717) is 24.6 Å². The molecule has 1 aromatic rings. The van der Waals surface area contributed by atoms with Gasteiger partial charge in [-0.05, 0) is 19.3 Å². The molecule has 0 radical (unpaired) electrons. The van der Waals surface area contributed by atoms with E-state index < -0.39 is 0 Å². The summed E-state index contributed by atoms with van der Waals surface area (Å²) < 4.78 is 10.3. The molecule has 1 aliphatic rings. The molecule has 0 aliphatic carbocycles. The second-order valence-corrected chi connectivity index (χ2v) is 5.74. The lowest BCUT2D eigenvalue weighted by molar-refractivity contribution is -0.138. The highest BCUT2D eigenvalue weighted by atomic mass is 16.5. The second kappa shape index (κ2) is 8.05. The quantitative estimate of drug-likeness (QED) is 0.831. The van der Waals surface area contributed by atoms with Crippen molar-refractivity contribution < 1.29 is 18.8 Å². The Morgan fingerprint density at radius 2 is 2.26 bits per heavy atom. The van der Waals surface area contributed by atoms with Crippen LogP contribution in [0.15, 0.2) is 4.52 Å². The van der Waals surface area contributed by atoms with Crippen molar-refractivity contribution in [1.82, 2.24) is 20.4 Å². The molecule has 23 heavy (non-hydrogen) atoms. The van der Waals surface area contributed by atoms with Gasteiger partial charge in [0, 0.05) is 33.9 Å². The summed E-state index contributed by atoms with van der Waals surface area (Å²) in [5, 5.41) is 6.49. The summed E-state index contributed by atoms with van der Waals surface area (Å²) in [5.41, 5.74) is 0. The summed E-state index contributed by atoms with van der Waals surface area (Å²) >= 11 is 0. The number of nitrogens with one attached hydrogen (secondary N) is 1. The van der Waals surface area contributed by atoms with Crippen molar-refractivity contribution in [2.45, 2.75) is 58.2 Å². The van der Waals surface area contributed by atoms with Crippen LogP contribution in [0.4, 0.5) is 0 Å². The first-order valence-corrected chi connectivity index (χ1v) is 7.87. The normalized spacial score (nSPS) is 21.3. The Morgan fingerprint density at radius 3 is 2.87 bits per heavy atom. The fraction of sp³-hybridized carbons (Fsp3) is 0.733.